The number of carbonyl (C=O) groups is 1. The molecule has 0 aromatic rings. The van der Waals surface area contributed by atoms with Gasteiger partial charge in [0.25, 0.3) is 0 Å². The number of hydrogen-bond acceptors (Lipinski definition) is 3. The molecule has 2 aliphatic heterocycles. The summed E-state index contributed by atoms with van der Waals surface area (Å²) in [5.41, 5.74) is 0. The smallest absolute Gasteiger partial charge is 0.311 e. The summed E-state index contributed by atoms with van der Waals surface area (Å²) in [4.78, 5) is 10.6. The predicted molar refractivity (Wildman–Crippen MR) is 35.0 cm³/mol. The Morgan fingerprint density at radius 2 is 2.27 bits per heavy atom. The van der Waals surface area contributed by atoms with Crippen LogP contribution in [0.1, 0.15) is 12.8 Å². The van der Waals surface area contributed by atoms with Crippen LogP contribution in [0.3, 0.4) is 0 Å². The van der Waals surface area contributed by atoms with Gasteiger partial charge in [0, 0.05) is 0 Å². The van der Waals surface area contributed by atoms with Gasteiger partial charge in [0.05, 0.1) is 12.7 Å². The summed E-state index contributed by atoms with van der Waals surface area (Å²) in [6.45, 7) is 0.564. The van der Waals surface area contributed by atoms with Crippen molar-refractivity contribution in [3.63, 3.8) is 0 Å². The highest BCUT2D eigenvalue weighted by molar-refractivity contribution is 5.70. The van der Waals surface area contributed by atoms with Gasteiger partial charge >= 0.3 is 5.97 Å². The highest BCUT2D eigenvalue weighted by Gasteiger charge is 2.41. The van der Waals surface area contributed by atoms with Crippen molar-refractivity contribution in [1.82, 2.24) is 0 Å². The molecule has 2 bridgehead atoms. The minimum absolute atomic E-state index is 0.149. The average Bonchev–Trinajstić information content (AvgIpc) is 2.32. The molecular formula is C7H10O4. The Morgan fingerprint density at radius 3 is 3.00 bits per heavy atom. The minimum atomic E-state index is -0.810. The summed E-state index contributed by atoms with van der Waals surface area (Å²) in [7, 11) is 0. The molecule has 2 aliphatic rings. The van der Waals surface area contributed by atoms with E-state index in [1.807, 2.05) is 0 Å². The second-order valence-electron chi connectivity index (χ2n) is 2.98. The molecule has 3 unspecified atom stereocenters. The van der Waals surface area contributed by atoms with Crippen molar-refractivity contribution in [2.75, 3.05) is 6.61 Å². The normalized spacial score (nSPS) is 42.4. The van der Waals surface area contributed by atoms with E-state index in [1.165, 1.54) is 0 Å². The van der Waals surface area contributed by atoms with Crippen molar-refractivity contribution in [1.29, 1.82) is 0 Å². The lowest BCUT2D eigenvalue weighted by Gasteiger charge is -2.23. The van der Waals surface area contributed by atoms with Crippen molar-refractivity contribution in [2.45, 2.75) is 25.2 Å². The van der Waals surface area contributed by atoms with Crippen LogP contribution in [0, 0.1) is 5.92 Å². The van der Waals surface area contributed by atoms with Gasteiger partial charge < -0.3 is 14.6 Å². The molecule has 0 radical (unpaired) electrons. The van der Waals surface area contributed by atoms with Crippen molar-refractivity contribution in [3.8, 4) is 0 Å². The third-order valence-electron chi connectivity index (χ3n) is 2.22. The molecule has 4 heteroatoms. The molecule has 4 nitrogen and oxygen atoms in total. The lowest BCUT2D eigenvalue weighted by atomic mass is 9.99. The fourth-order valence-electron chi connectivity index (χ4n) is 1.57. The Bertz CT molecular complexity index is 179. The topological polar surface area (TPSA) is 55.8 Å². The van der Waals surface area contributed by atoms with Gasteiger partial charge in [-0.1, -0.05) is 0 Å². The molecule has 2 rings (SSSR count). The van der Waals surface area contributed by atoms with Crippen LogP contribution in [-0.2, 0) is 14.3 Å². The molecule has 3 atom stereocenters. The average molecular weight is 158 g/mol. The Morgan fingerprint density at radius 1 is 1.45 bits per heavy atom. The number of hydrogen-bond donors (Lipinski definition) is 1. The number of fused-ring (bicyclic) bond motifs is 2. The third kappa shape index (κ3) is 1.12. The van der Waals surface area contributed by atoms with Crippen LogP contribution in [0.5, 0.6) is 0 Å². The molecule has 0 amide bonds. The number of carboxylic acid groups (broad SMARTS) is 1. The maximum absolute atomic E-state index is 10.6. The maximum Gasteiger partial charge on any atom is 0.311 e. The minimum Gasteiger partial charge on any atom is -0.481 e. The third-order valence-corrected chi connectivity index (χ3v) is 2.22. The van der Waals surface area contributed by atoms with Crippen LogP contribution < -0.4 is 0 Å². The van der Waals surface area contributed by atoms with Crippen LogP contribution in [0.25, 0.3) is 0 Å². The molecule has 2 heterocycles. The van der Waals surface area contributed by atoms with Gasteiger partial charge in [-0.25, -0.2) is 0 Å². The van der Waals surface area contributed by atoms with Crippen LogP contribution in [0.4, 0.5) is 0 Å². The van der Waals surface area contributed by atoms with Crippen LogP contribution in [0.2, 0.25) is 0 Å². The number of rotatable bonds is 1. The predicted octanol–water partition coefficient (Wildman–Crippen LogP) is 0.222. The highest BCUT2D eigenvalue weighted by atomic mass is 16.7. The Kier molecular flexibility index (Phi) is 1.58. The van der Waals surface area contributed by atoms with Crippen molar-refractivity contribution >= 4 is 5.97 Å². The van der Waals surface area contributed by atoms with Crippen molar-refractivity contribution in [2.24, 2.45) is 5.92 Å². The zero-order valence-corrected chi connectivity index (χ0v) is 6.03. The largest absolute Gasteiger partial charge is 0.481 e. The lowest BCUT2D eigenvalue weighted by Crippen LogP contribution is -2.33. The molecule has 0 aromatic carbocycles. The Balaban J connectivity index is 2.07. The Labute approximate surface area is 64.1 Å². The molecule has 2 fully saturated rings. The van der Waals surface area contributed by atoms with Crippen LogP contribution in [-0.4, -0.2) is 30.1 Å². The molecule has 0 aliphatic carbocycles. The quantitative estimate of drug-likeness (QED) is 0.593. The van der Waals surface area contributed by atoms with E-state index >= 15 is 0 Å². The van der Waals surface area contributed by atoms with Gasteiger partial charge in [-0.15, -0.1) is 0 Å². The second-order valence-corrected chi connectivity index (χ2v) is 2.98. The number of aliphatic carboxylic acids is 1. The first-order valence-corrected chi connectivity index (χ1v) is 3.77. The van der Waals surface area contributed by atoms with E-state index in [9.17, 15) is 4.79 Å². The summed E-state index contributed by atoms with van der Waals surface area (Å²) >= 11 is 0. The first-order chi connectivity index (χ1) is 5.27. The van der Waals surface area contributed by atoms with Crippen molar-refractivity contribution in [3.05, 3.63) is 0 Å². The van der Waals surface area contributed by atoms with E-state index < -0.39 is 18.2 Å². The molecular weight excluding hydrogens is 148 g/mol. The zero-order valence-electron chi connectivity index (χ0n) is 6.03. The Hall–Kier alpha value is -0.610. The fraction of sp³-hybridized carbons (Fsp3) is 0.857. The number of carboxylic acids is 1. The highest BCUT2D eigenvalue weighted by Crippen LogP contribution is 2.31. The van der Waals surface area contributed by atoms with Gasteiger partial charge in [-0.2, -0.15) is 0 Å². The van der Waals surface area contributed by atoms with Gasteiger partial charge in [0.2, 0.25) is 0 Å². The van der Waals surface area contributed by atoms with E-state index in [-0.39, 0.29) is 6.10 Å². The number of ether oxygens (including phenoxy) is 2. The van der Waals surface area contributed by atoms with E-state index in [4.69, 9.17) is 14.6 Å². The van der Waals surface area contributed by atoms with Crippen molar-refractivity contribution < 1.29 is 19.4 Å². The molecule has 1 N–H and O–H groups in total. The summed E-state index contributed by atoms with van der Waals surface area (Å²) in [5, 5.41) is 8.70. The van der Waals surface area contributed by atoms with Crippen LogP contribution in [0.15, 0.2) is 0 Å². The second kappa shape index (κ2) is 2.46. The van der Waals surface area contributed by atoms with Gasteiger partial charge in [-0.3, -0.25) is 4.79 Å². The van der Waals surface area contributed by atoms with E-state index in [0.29, 0.717) is 13.0 Å². The fourth-order valence-corrected chi connectivity index (χ4v) is 1.57. The molecule has 0 aromatic heterocycles. The first-order valence-electron chi connectivity index (χ1n) is 3.77. The van der Waals surface area contributed by atoms with Gasteiger partial charge in [-0.05, 0) is 12.8 Å². The maximum atomic E-state index is 10.6. The molecule has 0 spiro atoms. The van der Waals surface area contributed by atoms with E-state index in [0.717, 1.165) is 6.42 Å². The standard InChI is InChI=1S/C7H10O4/c8-6(9)5-2-1-4-3-10-7(5)11-4/h4-5,7H,1-3H2,(H,8,9). The summed E-state index contributed by atoms with van der Waals surface area (Å²) in [5.74, 6) is -1.26. The first kappa shape index (κ1) is 7.06. The molecule has 11 heavy (non-hydrogen) atoms. The summed E-state index contributed by atoms with van der Waals surface area (Å²) in [6, 6.07) is 0. The van der Waals surface area contributed by atoms with Gasteiger partial charge in [0.15, 0.2) is 6.29 Å². The summed E-state index contributed by atoms with van der Waals surface area (Å²) < 4.78 is 10.4. The summed E-state index contributed by atoms with van der Waals surface area (Å²) in [6.07, 6.45) is 1.17. The lowest BCUT2D eigenvalue weighted by molar-refractivity contribution is -0.167. The monoisotopic (exact) mass is 158 g/mol. The SMILES string of the molecule is O=C(O)C1CCC2COC1O2. The van der Waals surface area contributed by atoms with Crippen LogP contribution >= 0.6 is 0 Å². The molecule has 2 saturated heterocycles. The van der Waals surface area contributed by atoms with E-state index in [2.05, 4.69) is 0 Å². The van der Waals surface area contributed by atoms with Gasteiger partial charge in [0.1, 0.15) is 5.92 Å². The molecule has 62 valence electrons. The zero-order chi connectivity index (χ0) is 7.84. The van der Waals surface area contributed by atoms with E-state index in [1.54, 1.807) is 0 Å². The molecule has 0 saturated carbocycles.